The van der Waals surface area contributed by atoms with E-state index in [-0.39, 0.29) is 51.4 Å². The van der Waals surface area contributed by atoms with Crippen LogP contribution in [0.1, 0.15) is 80.4 Å². The third-order valence-corrected chi connectivity index (χ3v) is 5.08. The van der Waals surface area contributed by atoms with E-state index in [0.717, 1.165) is 37.4 Å². The molecule has 0 unspecified atom stereocenters. The Morgan fingerprint density at radius 3 is 2.10 bits per heavy atom. The molecule has 3 aromatic rings. The quantitative estimate of drug-likeness (QED) is 0.174. The second-order valence-corrected chi connectivity index (χ2v) is 10.0. The van der Waals surface area contributed by atoms with Gasteiger partial charge in [-0.25, -0.2) is 18.4 Å². The average molecular weight is 746 g/mol. The molecule has 2 aromatic heterocycles. The Kier molecular flexibility index (Phi) is 13.3. The zero-order chi connectivity index (χ0) is 29.3. The van der Waals surface area contributed by atoms with E-state index in [2.05, 4.69) is 35.5 Å². The molecule has 15 heteroatoms. The molecule has 2 heterocycles. The number of hydrogen-bond acceptors (Lipinski definition) is 6. The minimum absolute atomic E-state index is 0. The van der Waals surface area contributed by atoms with Crippen molar-refractivity contribution in [2.75, 3.05) is 0 Å². The Labute approximate surface area is 242 Å². The van der Waals surface area contributed by atoms with E-state index in [1.165, 1.54) is 19.3 Å². The number of hydrogen-bond donors (Lipinski definition) is 3. The van der Waals surface area contributed by atoms with Gasteiger partial charge in [0.2, 0.25) is 5.92 Å². The smallest absolute Gasteiger partial charge is 0.393 e. The fourth-order valence-electron chi connectivity index (χ4n) is 2.22. The van der Waals surface area contributed by atoms with Gasteiger partial charge in [-0.2, -0.15) is 19.6 Å². The van der Waals surface area contributed by atoms with Crippen LogP contribution in [0.5, 0.6) is 0 Å². The molecular weight excluding hydrogens is 714 g/mol. The van der Waals surface area contributed by atoms with Crippen LogP contribution in [0.4, 0.5) is 22.0 Å². The molecule has 0 saturated heterocycles. The summed E-state index contributed by atoms with van der Waals surface area (Å²) < 4.78 is 61.4. The topological polar surface area (TPSA) is 126 Å². The Hall–Kier alpha value is -2.92. The first-order valence-corrected chi connectivity index (χ1v) is 12.2. The number of nitrogens with one attached hydrogen (secondary N) is 3. The maximum atomic E-state index is 11.9. The number of imidazole rings is 1. The number of carbonyl (C=O) groups is 1. The van der Waals surface area contributed by atoms with Crippen molar-refractivity contribution < 1.29 is 56.6 Å². The molecule has 3 N–H and O–H groups in total. The molecule has 2 aliphatic rings. The van der Waals surface area contributed by atoms with E-state index in [9.17, 15) is 31.5 Å². The Bertz CT molecular complexity index is 1200. The Balaban J connectivity index is 0.000000383. The second-order valence-electron chi connectivity index (χ2n) is 10.0. The number of H-pyrrole nitrogens is 1. The van der Waals surface area contributed by atoms with Crippen molar-refractivity contribution >= 4 is 23.4 Å². The monoisotopic (exact) mass is 746 g/mol. The normalized spacial score (nSPS) is 14.5. The van der Waals surface area contributed by atoms with E-state index >= 15 is 0 Å². The van der Waals surface area contributed by atoms with E-state index in [0.29, 0.717) is 18.1 Å². The molecule has 2 aliphatic carbocycles. The predicted molar refractivity (Wildman–Crippen MR) is 132 cm³/mol. The van der Waals surface area contributed by atoms with Crippen molar-refractivity contribution in [3.05, 3.63) is 41.0 Å². The summed E-state index contributed by atoms with van der Waals surface area (Å²) in [6.07, 6.45) is 2.30. The molecule has 0 bridgehead atoms. The third-order valence-electron chi connectivity index (χ3n) is 5.08. The molecule has 9 nitrogen and oxygen atoms in total. The molecule has 5 rings (SSSR count). The molecule has 0 spiro atoms. The Morgan fingerprint density at radius 1 is 1.10 bits per heavy atom. The standard InChI is InChI=1S/C14H13N6O3.C5H9F3.C3H4F2.C3H6.Re/c1-8-13(20-23-19-8)14(22)16-6-12-17-10-3-2-9(5-15-7-21)4-11(10)18-12;1-4(2,3)5(6,7)8;4-3(5)1-2-3;1-2-3-1;/h2-4H,5-6H2,1H3,(H,15,21)(H,16,22)(H,17,18);1-3H3;1-2H2;1-3H2;/q-1;;;;. The number of aromatic nitrogens is 4. The van der Waals surface area contributed by atoms with Crippen molar-refractivity contribution in [3.63, 3.8) is 0 Å². The van der Waals surface area contributed by atoms with E-state index < -0.39 is 17.5 Å². The first kappa shape index (κ1) is 35.1. The summed E-state index contributed by atoms with van der Waals surface area (Å²) in [5.41, 5.74) is 1.53. The number of fused-ring (bicyclic) bond motifs is 1. The summed E-state index contributed by atoms with van der Waals surface area (Å²) in [6, 6.07) is 5.58. The summed E-state index contributed by atoms with van der Waals surface area (Å²) in [7, 11) is 0. The van der Waals surface area contributed by atoms with Crippen LogP contribution in [0.15, 0.2) is 22.8 Å². The summed E-state index contributed by atoms with van der Waals surface area (Å²) in [6.45, 7) is 5.68. The zero-order valence-electron chi connectivity index (χ0n) is 22.5. The average Bonchev–Trinajstić information content (AvgIpc) is 3.76. The van der Waals surface area contributed by atoms with Crippen molar-refractivity contribution in [2.24, 2.45) is 5.41 Å². The summed E-state index contributed by atoms with van der Waals surface area (Å²) in [5, 5.41) is 12.3. The number of halogens is 5. The molecule has 2 amide bonds. The molecule has 2 fully saturated rings. The zero-order valence-corrected chi connectivity index (χ0v) is 25.2. The van der Waals surface area contributed by atoms with Crippen LogP contribution in [0.25, 0.3) is 11.0 Å². The van der Waals surface area contributed by atoms with Crippen molar-refractivity contribution in [3.8, 4) is 0 Å². The van der Waals surface area contributed by atoms with Gasteiger partial charge in [-0.3, -0.25) is 4.79 Å². The van der Waals surface area contributed by atoms with Gasteiger partial charge in [-0.1, -0.05) is 51.3 Å². The summed E-state index contributed by atoms with van der Waals surface area (Å²) >= 11 is 0. The molecule has 40 heavy (non-hydrogen) atoms. The van der Waals surface area contributed by atoms with Crippen molar-refractivity contribution in [2.45, 2.75) is 85.0 Å². The maximum Gasteiger partial charge on any atom is 0.393 e. The molecule has 0 atom stereocenters. The first-order valence-electron chi connectivity index (χ1n) is 12.2. The number of rotatable bonds is 6. The largest absolute Gasteiger partial charge is 0.526 e. The summed E-state index contributed by atoms with van der Waals surface area (Å²) in [5.74, 6) is -2.02. The number of nitrogens with zero attached hydrogens (tertiary/aromatic N) is 3. The molecular formula is C25H32F5N6O3Re-. The van der Waals surface area contributed by atoms with Gasteiger partial charge >= 0.3 is 6.18 Å². The van der Waals surface area contributed by atoms with Crippen molar-refractivity contribution in [1.82, 2.24) is 30.9 Å². The number of carbonyl (C=O) groups excluding carboxylic acids is 2. The number of aromatic amines is 1. The van der Waals surface area contributed by atoms with Gasteiger partial charge in [0.05, 0.1) is 23.0 Å². The van der Waals surface area contributed by atoms with Crippen LogP contribution in [-0.4, -0.2) is 44.7 Å². The van der Waals surface area contributed by atoms with E-state index in [1.807, 2.05) is 18.2 Å². The number of amides is 2. The minimum Gasteiger partial charge on any atom is -0.526 e. The van der Waals surface area contributed by atoms with Gasteiger partial charge in [-0.05, 0) is 29.8 Å². The van der Waals surface area contributed by atoms with Gasteiger partial charge in [0, 0.05) is 39.8 Å². The molecule has 223 valence electrons. The van der Waals surface area contributed by atoms with Crippen LogP contribution in [0.3, 0.4) is 0 Å². The second kappa shape index (κ2) is 15.2. The van der Waals surface area contributed by atoms with Crippen LogP contribution in [-0.2, 0) is 38.3 Å². The number of benzene rings is 1. The van der Waals surface area contributed by atoms with Gasteiger partial charge < -0.3 is 20.4 Å². The first-order chi connectivity index (χ1) is 18.1. The van der Waals surface area contributed by atoms with Gasteiger partial charge in [0.1, 0.15) is 11.5 Å². The third kappa shape index (κ3) is 13.0. The predicted octanol–water partition coefficient (Wildman–Crippen LogP) is 5.52. The van der Waals surface area contributed by atoms with Gasteiger partial charge in [0.15, 0.2) is 5.69 Å². The number of aryl methyl sites for hydroxylation is 1. The molecule has 2 saturated carbocycles. The fourth-order valence-corrected chi connectivity index (χ4v) is 2.22. The van der Waals surface area contributed by atoms with Gasteiger partial charge in [-0.15, -0.1) is 0 Å². The van der Waals surface area contributed by atoms with E-state index in [1.54, 1.807) is 13.3 Å². The molecule has 1 aromatic carbocycles. The van der Waals surface area contributed by atoms with Crippen LogP contribution >= 0.6 is 0 Å². The maximum absolute atomic E-state index is 11.9. The van der Waals surface area contributed by atoms with E-state index in [4.69, 9.17) is 0 Å². The van der Waals surface area contributed by atoms with Crippen molar-refractivity contribution in [1.29, 1.82) is 0 Å². The summed E-state index contributed by atoms with van der Waals surface area (Å²) in [4.78, 5) is 29.6. The minimum atomic E-state index is -4.06. The van der Waals surface area contributed by atoms with Gasteiger partial charge in [0.25, 0.3) is 5.91 Å². The van der Waals surface area contributed by atoms with Crippen LogP contribution in [0.2, 0.25) is 0 Å². The van der Waals surface area contributed by atoms with Crippen LogP contribution < -0.4 is 10.6 Å². The van der Waals surface area contributed by atoms with Crippen LogP contribution in [0, 0.1) is 12.3 Å². The Morgan fingerprint density at radius 2 is 1.68 bits per heavy atom. The molecule has 0 aliphatic heterocycles. The molecule has 1 radical (unpaired) electrons. The number of alkyl halides is 5. The fraction of sp³-hybridized carbons (Fsp3) is 0.560. The SMILES string of the molecule is C1CC1.CC(C)(C)C(F)(F)F.Cc1nonc1C(=O)NCc1nc2ccc(CN[C-]=O)cc2[nH]1.FC1(F)CC1.[Re].